The van der Waals surface area contributed by atoms with Crippen molar-refractivity contribution < 1.29 is 46.1 Å². The molecule has 1 aliphatic heterocycles. The first-order valence-electron chi connectivity index (χ1n) is 12.4. The molecule has 3 N–H and O–H groups in total. The molecule has 0 saturated heterocycles. The lowest BCUT2D eigenvalue weighted by molar-refractivity contribution is -0.270. The van der Waals surface area contributed by atoms with E-state index in [1.165, 1.54) is 30.6 Å². The van der Waals surface area contributed by atoms with Crippen molar-refractivity contribution in [1.29, 1.82) is 0 Å². The average Bonchev–Trinajstić information content (AvgIpc) is 3.50. The number of amides is 1. The van der Waals surface area contributed by atoms with E-state index in [-0.39, 0.29) is 28.3 Å². The molecule has 1 aliphatic rings. The summed E-state index contributed by atoms with van der Waals surface area (Å²) in [5.41, 5.74) is -3.21. The molecule has 0 aliphatic carbocycles. The average molecular weight is 608 g/mol. The summed E-state index contributed by atoms with van der Waals surface area (Å²) in [5.74, 6) is -3.08. The maximum absolute atomic E-state index is 15.7. The molecule has 220 valence electrons. The molecule has 8 nitrogen and oxygen atoms in total. The quantitative estimate of drug-likeness (QED) is 0.207. The number of alkyl halides is 4. The lowest BCUT2D eigenvalue weighted by Gasteiger charge is -2.31. The molecule has 2 atom stereocenters. The van der Waals surface area contributed by atoms with Crippen molar-refractivity contribution in [2.24, 2.45) is 5.73 Å². The highest BCUT2D eigenvalue weighted by atomic mass is 32.1. The number of halogens is 5. The maximum atomic E-state index is 15.7. The Morgan fingerprint density at radius 3 is 2.48 bits per heavy atom. The molecule has 1 amide bonds. The molecule has 42 heavy (non-hydrogen) atoms. The zero-order valence-corrected chi connectivity index (χ0v) is 22.8. The number of rotatable bonds is 8. The van der Waals surface area contributed by atoms with E-state index in [1.807, 2.05) is 0 Å². The highest BCUT2D eigenvalue weighted by Gasteiger charge is 2.58. The summed E-state index contributed by atoms with van der Waals surface area (Å²) >= 11 is 1.26. The van der Waals surface area contributed by atoms with Crippen molar-refractivity contribution in [2.45, 2.75) is 37.2 Å². The Bertz CT molecular complexity index is 1730. The number of aromatic nitrogens is 2. The van der Waals surface area contributed by atoms with E-state index in [2.05, 4.69) is 9.97 Å². The van der Waals surface area contributed by atoms with Crippen LogP contribution in [-0.2, 0) is 16.1 Å². The van der Waals surface area contributed by atoms with Crippen LogP contribution in [0.1, 0.15) is 39.5 Å². The highest BCUT2D eigenvalue weighted by Crippen LogP contribution is 2.49. The minimum atomic E-state index is -5.41. The predicted molar refractivity (Wildman–Crippen MR) is 142 cm³/mol. The Morgan fingerprint density at radius 2 is 1.86 bits per heavy atom. The van der Waals surface area contributed by atoms with Crippen LogP contribution < -0.4 is 15.2 Å². The number of aliphatic hydroxyl groups is 1. The fraction of sp³-hybridized carbons (Fsp3) is 0.286. The largest absolute Gasteiger partial charge is 0.494 e. The van der Waals surface area contributed by atoms with Crippen molar-refractivity contribution in [3.63, 3.8) is 0 Å². The summed E-state index contributed by atoms with van der Waals surface area (Å²) in [6, 6.07) is 7.69. The summed E-state index contributed by atoms with van der Waals surface area (Å²) in [5, 5.41) is 11.8. The second-order valence-electron chi connectivity index (χ2n) is 9.73. The number of hydrogen-bond acceptors (Lipinski definition) is 8. The molecule has 0 radical (unpaired) electrons. The van der Waals surface area contributed by atoms with E-state index in [0.29, 0.717) is 21.3 Å². The predicted octanol–water partition coefficient (Wildman–Crippen LogP) is 5.27. The molecule has 2 aromatic heterocycles. The van der Waals surface area contributed by atoms with E-state index in [4.69, 9.17) is 15.2 Å². The van der Waals surface area contributed by atoms with Gasteiger partial charge >= 0.3 is 6.18 Å². The number of carbonyl (C=O) groups excluding carboxylic acids is 2. The molecule has 0 spiro atoms. The summed E-state index contributed by atoms with van der Waals surface area (Å²) in [4.78, 5) is 33.4. The second kappa shape index (κ2) is 10.3. The van der Waals surface area contributed by atoms with E-state index in [0.717, 1.165) is 24.3 Å². The van der Waals surface area contributed by atoms with Gasteiger partial charge in [0.05, 0.1) is 22.5 Å². The van der Waals surface area contributed by atoms with Gasteiger partial charge in [0.15, 0.2) is 11.5 Å². The number of thiazole rings is 1. The Labute approximate surface area is 238 Å². The van der Waals surface area contributed by atoms with Gasteiger partial charge in [0, 0.05) is 23.1 Å². The third-order valence-corrected chi connectivity index (χ3v) is 7.96. The summed E-state index contributed by atoms with van der Waals surface area (Å²) in [7, 11) is 1.36. The number of nitrogens with zero attached hydrogens (tertiary/aromatic N) is 2. The first kappa shape index (κ1) is 29.3. The molecule has 5 rings (SSSR count). The molecule has 0 bridgehead atoms. The van der Waals surface area contributed by atoms with Crippen LogP contribution in [0.4, 0.5) is 22.0 Å². The van der Waals surface area contributed by atoms with Crippen LogP contribution in [0, 0.1) is 12.7 Å². The van der Waals surface area contributed by atoms with Crippen LogP contribution in [0.3, 0.4) is 0 Å². The van der Waals surface area contributed by atoms with Gasteiger partial charge in [0.1, 0.15) is 29.4 Å². The third kappa shape index (κ3) is 4.83. The van der Waals surface area contributed by atoms with Crippen LogP contribution in [0.25, 0.3) is 21.5 Å². The zero-order valence-electron chi connectivity index (χ0n) is 22.0. The molecule has 0 fully saturated rings. The zero-order chi connectivity index (χ0) is 30.6. The first-order valence-corrected chi connectivity index (χ1v) is 13.2. The fourth-order valence-electron chi connectivity index (χ4n) is 4.72. The summed E-state index contributed by atoms with van der Waals surface area (Å²) in [6.45, 7) is 0.801. The van der Waals surface area contributed by atoms with Gasteiger partial charge in [0.2, 0.25) is 5.60 Å². The normalized spacial score (nSPS) is 17.9. The fourth-order valence-corrected chi connectivity index (χ4v) is 5.61. The molecule has 0 saturated carbocycles. The minimum absolute atomic E-state index is 0.0177. The van der Waals surface area contributed by atoms with Crippen molar-refractivity contribution in [2.75, 3.05) is 13.7 Å². The monoisotopic (exact) mass is 607 g/mol. The van der Waals surface area contributed by atoms with Gasteiger partial charge in [-0.3, -0.25) is 9.59 Å². The van der Waals surface area contributed by atoms with E-state index < -0.39 is 65.7 Å². The standard InChI is InChI=1S/C28H22F5N3O5S/c1-13-35-23-19(40-2)9-15(10-20(23)42-13)18(37)7-8-27(39,28(31,32)33)21-11-17-24(41-12-26(17,30)25(34)38)22(36-21)14-3-5-16(29)6-4-14/h3-6,9-11,39H,7-8,12H2,1-2H3,(H2,34,38)/t26-,27+/m1/s1. The number of ether oxygens (including phenoxy) is 2. The van der Waals surface area contributed by atoms with E-state index >= 15 is 4.39 Å². The molecule has 2 aromatic carbocycles. The van der Waals surface area contributed by atoms with Crippen molar-refractivity contribution in [1.82, 2.24) is 9.97 Å². The SMILES string of the molecule is COc1cc(C(=O)CC[C@](O)(c2cc3c(c(-c4ccc(F)cc4)n2)OC[C@]3(F)C(N)=O)C(F)(F)F)cc2sc(C)nc12. The number of carbonyl (C=O) groups is 2. The number of Topliss-reactive ketones (excluding diaryl/α,β-unsaturated/α-hetero) is 1. The lowest BCUT2D eigenvalue weighted by atomic mass is 9.86. The van der Waals surface area contributed by atoms with Gasteiger partial charge in [-0.2, -0.15) is 13.2 Å². The van der Waals surface area contributed by atoms with Gasteiger partial charge in [-0.1, -0.05) is 0 Å². The van der Waals surface area contributed by atoms with Crippen molar-refractivity contribution in [3.05, 3.63) is 70.1 Å². The molecular weight excluding hydrogens is 585 g/mol. The van der Waals surface area contributed by atoms with Gasteiger partial charge < -0.3 is 20.3 Å². The first-order chi connectivity index (χ1) is 19.7. The Balaban J connectivity index is 1.59. The number of ketones is 1. The number of benzene rings is 2. The Morgan fingerprint density at radius 1 is 1.17 bits per heavy atom. The van der Waals surface area contributed by atoms with Gasteiger partial charge in [0.25, 0.3) is 11.6 Å². The Kier molecular flexibility index (Phi) is 7.18. The number of hydrogen-bond donors (Lipinski definition) is 2. The van der Waals surface area contributed by atoms with Gasteiger partial charge in [-0.25, -0.2) is 18.7 Å². The van der Waals surface area contributed by atoms with Crippen molar-refractivity contribution >= 4 is 33.2 Å². The number of methoxy groups -OCH3 is 1. The molecule has 3 heterocycles. The van der Waals surface area contributed by atoms with Crippen molar-refractivity contribution in [3.8, 4) is 22.8 Å². The van der Waals surface area contributed by atoms with Gasteiger partial charge in [-0.15, -0.1) is 11.3 Å². The minimum Gasteiger partial charge on any atom is -0.494 e. The second-order valence-corrected chi connectivity index (χ2v) is 11.0. The molecular formula is C28H22F5N3O5S. The maximum Gasteiger partial charge on any atom is 0.422 e. The van der Waals surface area contributed by atoms with Crippen LogP contribution in [0.2, 0.25) is 0 Å². The number of primary amides is 1. The third-order valence-electron chi connectivity index (χ3n) is 7.04. The molecule has 0 unspecified atom stereocenters. The number of pyridine rings is 1. The Hall–Kier alpha value is -4.17. The summed E-state index contributed by atoms with van der Waals surface area (Å²) < 4.78 is 84.1. The smallest absolute Gasteiger partial charge is 0.422 e. The van der Waals surface area contributed by atoms with Crippen LogP contribution in [0.5, 0.6) is 11.5 Å². The number of fused-ring (bicyclic) bond motifs is 2. The lowest BCUT2D eigenvalue weighted by Crippen LogP contribution is -2.44. The van der Waals surface area contributed by atoms with Crippen LogP contribution >= 0.6 is 11.3 Å². The molecule has 14 heteroatoms. The van der Waals surface area contributed by atoms with Crippen LogP contribution in [0.15, 0.2) is 42.5 Å². The molecule has 4 aromatic rings. The van der Waals surface area contributed by atoms with E-state index in [9.17, 15) is 32.3 Å². The topological polar surface area (TPSA) is 125 Å². The summed E-state index contributed by atoms with van der Waals surface area (Å²) in [6.07, 6.45) is -7.42. The number of aryl methyl sites for hydroxylation is 1. The van der Waals surface area contributed by atoms with Gasteiger partial charge in [-0.05, 0) is 55.8 Å². The van der Waals surface area contributed by atoms with Crippen LogP contribution in [-0.4, -0.2) is 46.7 Å². The highest BCUT2D eigenvalue weighted by molar-refractivity contribution is 7.18. The van der Waals surface area contributed by atoms with E-state index in [1.54, 1.807) is 6.92 Å². The number of nitrogens with two attached hydrogens (primary N) is 1.